The number of H-pyrrole nitrogens is 1. The van der Waals surface area contributed by atoms with Gasteiger partial charge in [-0.3, -0.25) is 9.89 Å². The zero-order valence-corrected chi connectivity index (χ0v) is 13.8. The van der Waals surface area contributed by atoms with E-state index in [1.807, 2.05) is 30.3 Å². The number of amides is 1. The fraction of sp³-hybridized carbons (Fsp3) is 0.412. The number of carbonyl (C=O) groups excluding carboxylic acids is 1. The van der Waals surface area contributed by atoms with Crippen LogP contribution in [0.25, 0.3) is 11.3 Å². The number of halogens is 1. The summed E-state index contributed by atoms with van der Waals surface area (Å²) < 4.78 is 0. The Bertz CT molecular complexity index is 647. The lowest BCUT2D eigenvalue weighted by Crippen LogP contribution is -2.22. The van der Waals surface area contributed by atoms with Gasteiger partial charge in [0.1, 0.15) is 0 Å². The average molecular weight is 333 g/mol. The van der Waals surface area contributed by atoms with Crippen molar-refractivity contribution in [3.63, 3.8) is 0 Å². The largest absolute Gasteiger partial charge is 0.309 e. The first-order valence-corrected chi connectivity index (χ1v) is 8.42. The molecular formula is C17H21ClN4O. The number of likely N-dealkylation sites (tertiary alicyclic amines) is 1. The normalized spacial score (nSPS) is 15.0. The van der Waals surface area contributed by atoms with E-state index in [1.54, 1.807) is 0 Å². The molecule has 5 nitrogen and oxygen atoms in total. The van der Waals surface area contributed by atoms with Crippen LogP contribution < -0.4 is 5.32 Å². The fourth-order valence-electron chi connectivity index (χ4n) is 2.84. The zero-order chi connectivity index (χ0) is 16.1. The standard InChI is InChI=1S/C17H21ClN4O/c18-14-7-5-13(6-8-14)15-12-16(21-20-15)19-17(23)4-3-11-22-9-1-2-10-22/h5-8,12H,1-4,9-11H2,(H2,19,20,21,23). The molecule has 1 fully saturated rings. The molecule has 2 N–H and O–H groups in total. The van der Waals surface area contributed by atoms with Gasteiger partial charge in [0.2, 0.25) is 5.91 Å². The number of carbonyl (C=O) groups is 1. The summed E-state index contributed by atoms with van der Waals surface area (Å²) in [6.45, 7) is 3.35. The van der Waals surface area contributed by atoms with Crippen LogP contribution in [0.5, 0.6) is 0 Å². The summed E-state index contributed by atoms with van der Waals surface area (Å²) in [5, 5.41) is 10.6. The monoisotopic (exact) mass is 332 g/mol. The predicted octanol–water partition coefficient (Wildman–Crippen LogP) is 3.54. The Hall–Kier alpha value is -1.85. The summed E-state index contributed by atoms with van der Waals surface area (Å²) in [4.78, 5) is 14.4. The van der Waals surface area contributed by atoms with Crippen molar-refractivity contribution in [1.29, 1.82) is 0 Å². The van der Waals surface area contributed by atoms with E-state index >= 15 is 0 Å². The minimum Gasteiger partial charge on any atom is -0.309 e. The van der Waals surface area contributed by atoms with Gasteiger partial charge in [-0.15, -0.1) is 0 Å². The number of nitrogens with one attached hydrogen (secondary N) is 2. The van der Waals surface area contributed by atoms with E-state index in [-0.39, 0.29) is 5.91 Å². The Balaban J connectivity index is 1.48. The number of aromatic nitrogens is 2. The van der Waals surface area contributed by atoms with Gasteiger partial charge in [0, 0.05) is 17.5 Å². The number of hydrogen-bond donors (Lipinski definition) is 2. The van der Waals surface area contributed by atoms with E-state index in [2.05, 4.69) is 20.4 Å². The highest BCUT2D eigenvalue weighted by molar-refractivity contribution is 6.30. The van der Waals surface area contributed by atoms with E-state index in [1.165, 1.54) is 25.9 Å². The van der Waals surface area contributed by atoms with Crippen molar-refractivity contribution in [2.24, 2.45) is 0 Å². The summed E-state index contributed by atoms with van der Waals surface area (Å²) in [5.74, 6) is 0.569. The van der Waals surface area contributed by atoms with Crippen LogP contribution in [-0.2, 0) is 4.79 Å². The van der Waals surface area contributed by atoms with Crippen molar-refractivity contribution >= 4 is 23.3 Å². The molecule has 1 aromatic heterocycles. The van der Waals surface area contributed by atoms with Gasteiger partial charge in [-0.25, -0.2) is 0 Å². The minimum atomic E-state index is 0.0124. The summed E-state index contributed by atoms with van der Waals surface area (Å²) in [5.41, 5.74) is 1.84. The van der Waals surface area contributed by atoms with Crippen LogP contribution in [0.1, 0.15) is 25.7 Å². The molecule has 2 heterocycles. The molecule has 3 rings (SSSR count). The van der Waals surface area contributed by atoms with E-state index < -0.39 is 0 Å². The molecule has 6 heteroatoms. The maximum absolute atomic E-state index is 12.0. The van der Waals surface area contributed by atoms with Crippen LogP contribution in [0.15, 0.2) is 30.3 Å². The van der Waals surface area contributed by atoms with Gasteiger partial charge in [0.05, 0.1) is 5.69 Å². The molecule has 1 aliphatic rings. The first-order chi connectivity index (χ1) is 11.2. The molecule has 1 aromatic carbocycles. The van der Waals surface area contributed by atoms with E-state index in [0.29, 0.717) is 17.3 Å². The van der Waals surface area contributed by atoms with Crippen molar-refractivity contribution < 1.29 is 4.79 Å². The average Bonchev–Trinajstić information content (AvgIpc) is 3.20. The molecule has 1 amide bonds. The maximum Gasteiger partial charge on any atom is 0.225 e. The van der Waals surface area contributed by atoms with Crippen molar-refractivity contribution in [2.75, 3.05) is 25.0 Å². The highest BCUT2D eigenvalue weighted by atomic mass is 35.5. The van der Waals surface area contributed by atoms with Gasteiger partial charge in [0.15, 0.2) is 5.82 Å². The molecule has 0 aliphatic carbocycles. The molecule has 122 valence electrons. The Kier molecular flexibility index (Phi) is 5.31. The number of rotatable bonds is 6. The van der Waals surface area contributed by atoms with Crippen LogP contribution in [0.4, 0.5) is 5.82 Å². The van der Waals surface area contributed by atoms with Gasteiger partial charge in [-0.2, -0.15) is 5.10 Å². The second kappa shape index (κ2) is 7.62. The van der Waals surface area contributed by atoms with Gasteiger partial charge in [0.25, 0.3) is 0 Å². The predicted molar refractivity (Wildman–Crippen MR) is 92.6 cm³/mol. The highest BCUT2D eigenvalue weighted by Gasteiger charge is 2.12. The molecular weight excluding hydrogens is 312 g/mol. The summed E-state index contributed by atoms with van der Waals surface area (Å²) in [7, 11) is 0. The van der Waals surface area contributed by atoms with Crippen molar-refractivity contribution in [3.8, 4) is 11.3 Å². The SMILES string of the molecule is O=C(CCCN1CCCC1)Nc1cc(-c2ccc(Cl)cc2)[nH]n1. The van der Waals surface area contributed by atoms with E-state index in [4.69, 9.17) is 11.6 Å². The summed E-state index contributed by atoms with van der Waals surface area (Å²) >= 11 is 5.88. The highest BCUT2D eigenvalue weighted by Crippen LogP contribution is 2.21. The number of aromatic amines is 1. The van der Waals surface area contributed by atoms with Crippen molar-refractivity contribution in [2.45, 2.75) is 25.7 Å². The van der Waals surface area contributed by atoms with Gasteiger partial charge in [-0.1, -0.05) is 23.7 Å². The van der Waals surface area contributed by atoms with Gasteiger partial charge < -0.3 is 10.2 Å². The quantitative estimate of drug-likeness (QED) is 0.850. The van der Waals surface area contributed by atoms with Crippen molar-refractivity contribution in [3.05, 3.63) is 35.4 Å². The lowest BCUT2D eigenvalue weighted by Gasteiger charge is -2.13. The topological polar surface area (TPSA) is 61.0 Å². The first-order valence-electron chi connectivity index (χ1n) is 8.04. The fourth-order valence-corrected chi connectivity index (χ4v) is 2.96. The van der Waals surface area contributed by atoms with E-state index in [9.17, 15) is 4.79 Å². The lowest BCUT2D eigenvalue weighted by molar-refractivity contribution is -0.116. The Morgan fingerprint density at radius 1 is 1.26 bits per heavy atom. The van der Waals surface area contributed by atoms with Crippen molar-refractivity contribution in [1.82, 2.24) is 15.1 Å². The van der Waals surface area contributed by atoms with Gasteiger partial charge in [-0.05, 0) is 56.6 Å². The Morgan fingerprint density at radius 2 is 2.00 bits per heavy atom. The lowest BCUT2D eigenvalue weighted by atomic mass is 10.1. The van der Waals surface area contributed by atoms with Crippen LogP contribution in [0.2, 0.25) is 5.02 Å². The maximum atomic E-state index is 12.0. The number of hydrogen-bond acceptors (Lipinski definition) is 3. The van der Waals surface area contributed by atoms with Crippen LogP contribution in [0.3, 0.4) is 0 Å². The van der Waals surface area contributed by atoms with E-state index in [0.717, 1.165) is 24.2 Å². The first kappa shape index (κ1) is 16.0. The molecule has 2 aromatic rings. The molecule has 0 atom stereocenters. The second-order valence-corrected chi connectivity index (χ2v) is 6.31. The third-order valence-corrected chi connectivity index (χ3v) is 4.33. The van der Waals surface area contributed by atoms with Crippen LogP contribution in [-0.4, -0.2) is 40.6 Å². The summed E-state index contributed by atoms with van der Waals surface area (Å²) in [6.07, 6.45) is 3.99. The third-order valence-electron chi connectivity index (χ3n) is 4.08. The molecule has 0 bridgehead atoms. The smallest absolute Gasteiger partial charge is 0.225 e. The molecule has 23 heavy (non-hydrogen) atoms. The number of nitrogens with zero attached hydrogens (tertiary/aromatic N) is 2. The molecule has 0 unspecified atom stereocenters. The van der Waals surface area contributed by atoms with Crippen LogP contribution in [0, 0.1) is 0 Å². The zero-order valence-electron chi connectivity index (χ0n) is 13.0. The summed E-state index contributed by atoms with van der Waals surface area (Å²) in [6, 6.07) is 9.32. The molecule has 1 saturated heterocycles. The second-order valence-electron chi connectivity index (χ2n) is 5.87. The number of anilines is 1. The molecule has 0 spiro atoms. The van der Waals surface area contributed by atoms with Crippen LogP contribution >= 0.6 is 11.6 Å². The molecule has 0 radical (unpaired) electrons. The number of benzene rings is 1. The molecule has 1 aliphatic heterocycles. The third kappa shape index (κ3) is 4.56. The minimum absolute atomic E-state index is 0.0124. The van der Waals surface area contributed by atoms with Gasteiger partial charge >= 0.3 is 0 Å². The Labute approximate surface area is 141 Å². The Morgan fingerprint density at radius 3 is 2.74 bits per heavy atom. The molecule has 0 saturated carbocycles.